The fourth-order valence-electron chi connectivity index (χ4n) is 2.59. The van der Waals surface area contributed by atoms with Crippen LogP contribution in [0.3, 0.4) is 0 Å². The lowest BCUT2D eigenvalue weighted by molar-refractivity contribution is 0.0734. The summed E-state index contributed by atoms with van der Waals surface area (Å²) in [5, 5.41) is 3.70. The normalized spacial score (nSPS) is 23.0. The highest BCUT2D eigenvalue weighted by molar-refractivity contribution is 4.94. The molecule has 0 bridgehead atoms. The van der Waals surface area contributed by atoms with Crippen molar-refractivity contribution in [3.63, 3.8) is 0 Å². The zero-order valence-corrected chi connectivity index (χ0v) is 12.0. The molecule has 0 aliphatic heterocycles. The van der Waals surface area contributed by atoms with Crippen LogP contribution in [0.15, 0.2) is 0 Å². The lowest BCUT2D eigenvalue weighted by Gasteiger charge is -2.30. The Morgan fingerprint density at radius 2 is 1.89 bits per heavy atom. The second-order valence-electron chi connectivity index (χ2n) is 6.29. The van der Waals surface area contributed by atoms with Gasteiger partial charge in [0, 0.05) is 39.5 Å². The Hall–Kier alpha value is -0.120. The molecule has 0 radical (unpaired) electrons. The van der Waals surface area contributed by atoms with E-state index in [2.05, 4.69) is 12.2 Å². The van der Waals surface area contributed by atoms with Gasteiger partial charge in [0.25, 0.3) is 0 Å². The maximum atomic E-state index is 5.72. The Bertz CT molecular complexity index is 239. The van der Waals surface area contributed by atoms with Crippen LogP contribution in [0.1, 0.15) is 45.4 Å². The second-order valence-corrected chi connectivity index (χ2v) is 6.29. The van der Waals surface area contributed by atoms with Crippen LogP contribution < -0.4 is 5.32 Å². The number of methoxy groups -OCH3 is 1. The quantitative estimate of drug-likeness (QED) is 0.576. The summed E-state index contributed by atoms with van der Waals surface area (Å²) in [7, 11) is 1.74. The maximum Gasteiger partial charge on any atom is 0.0487 e. The summed E-state index contributed by atoms with van der Waals surface area (Å²) < 4.78 is 10.7. The molecule has 1 unspecified atom stereocenters. The average Bonchev–Trinajstić information content (AvgIpc) is 3.23. The summed E-state index contributed by atoms with van der Waals surface area (Å²) in [4.78, 5) is 0. The average molecular weight is 255 g/mol. The molecule has 0 aromatic rings. The Balaban J connectivity index is 1.59. The molecule has 2 fully saturated rings. The van der Waals surface area contributed by atoms with E-state index in [9.17, 15) is 0 Å². The molecule has 2 saturated carbocycles. The van der Waals surface area contributed by atoms with Crippen LogP contribution in [0.25, 0.3) is 0 Å². The Kier molecular flexibility index (Phi) is 5.46. The van der Waals surface area contributed by atoms with Gasteiger partial charge in [0.2, 0.25) is 0 Å². The third kappa shape index (κ3) is 4.87. The van der Waals surface area contributed by atoms with Crippen molar-refractivity contribution in [1.29, 1.82) is 0 Å². The van der Waals surface area contributed by atoms with Crippen molar-refractivity contribution < 1.29 is 9.47 Å². The Morgan fingerprint density at radius 1 is 1.11 bits per heavy atom. The molecule has 2 rings (SSSR count). The smallest absolute Gasteiger partial charge is 0.0487 e. The van der Waals surface area contributed by atoms with Gasteiger partial charge < -0.3 is 14.8 Å². The van der Waals surface area contributed by atoms with Gasteiger partial charge in [-0.15, -0.1) is 0 Å². The molecule has 0 aromatic heterocycles. The molecule has 0 saturated heterocycles. The second kappa shape index (κ2) is 6.88. The monoisotopic (exact) mass is 255 g/mol. The molecule has 18 heavy (non-hydrogen) atoms. The van der Waals surface area contributed by atoms with Gasteiger partial charge in [-0.25, -0.2) is 0 Å². The first-order valence-electron chi connectivity index (χ1n) is 7.55. The lowest BCUT2D eigenvalue weighted by Crippen LogP contribution is -2.36. The highest BCUT2D eigenvalue weighted by Gasteiger charge is 2.41. The fraction of sp³-hybridized carbons (Fsp3) is 1.00. The molecule has 3 nitrogen and oxygen atoms in total. The first kappa shape index (κ1) is 14.3. The highest BCUT2D eigenvalue weighted by Crippen LogP contribution is 2.47. The van der Waals surface area contributed by atoms with Crippen LogP contribution in [0.4, 0.5) is 0 Å². The van der Waals surface area contributed by atoms with Crippen LogP contribution in [-0.2, 0) is 9.47 Å². The third-order valence-electron chi connectivity index (χ3n) is 4.39. The molecule has 0 spiro atoms. The maximum absolute atomic E-state index is 5.72. The number of hydrogen-bond acceptors (Lipinski definition) is 3. The zero-order valence-electron chi connectivity index (χ0n) is 12.0. The SMILES string of the molecule is COCCCOCCC(C)(CNC1CC1)C1CC1. The minimum Gasteiger partial charge on any atom is -0.385 e. The number of hydrogen-bond donors (Lipinski definition) is 1. The van der Waals surface area contributed by atoms with Crippen LogP contribution >= 0.6 is 0 Å². The summed E-state index contributed by atoms with van der Waals surface area (Å²) in [5.41, 5.74) is 0.462. The van der Waals surface area contributed by atoms with E-state index in [0.29, 0.717) is 5.41 Å². The lowest BCUT2D eigenvalue weighted by atomic mass is 9.81. The Labute approximate surface area is 112 Å². The van der Waals surface area contributed by atoms with Crippen molar-refractivity contribution in [3.8, 4) is 0 Å². The predicted octanol–water partition coefficient (Wildman–Crippen LogP) is 2.60. The van der Waals surface area contributed by atoms with Crippen molar-refractivity contribution >= 4 is 0 Å². The largest absolute Gasteiger partial charge is 0.385 e. The van der Waals surface area contributed by atoms with E-state index < -0.39 is 0 Å². The molecular weight excluding hydrogens is 226 g/mol. The van der Waals surface area contributed by atoms with Crippen molar-refractivity contribution in [2.24, 2.45) is 11.3 Å². The molecule has 0 aromatic carbocycles. The van der Waals surface area contributed by atoms with Crippen LogP contribution in [0, 0.1) is 11.3 Å². The first-order chi connectivity index (χ1) is 8.74. The van der Waals surface area contributed by atoms with Gasteiger partial charge in [0.05, 0.1) is 0 Å². The summed E-state index contributed by atoms with van der Waals surface area (Å²) >= 11 is 0. The third-order valence-corrected chi connectivity index (χ3v) is 4.39. The zero-order chi connectivity index (χ0) is 12.8. The summed E-state index contributed by atoms with van der Waals surface area (Å²) in [6.45, 7) is 6.18. The molecule has 0 amide bonds. The summed E-state index contributed by atoms with van der Waals surface area (Å²) in [6, 6.07) is 0.825. The Morgan fingerprint density at radius 3 is 2.50 bits per heavy atom. The molecular formula is C15H29NO2. The van der Waals surface area contributed by atoms with E-state index in [1.165, 1.54) is 38.6 Å². The predicted molar refractivity (Wildman–Crippen MR) is 73.8 cm³/mol. The van der Waals surface area contributed by atoms with Crippen molar-refractivity contribution in [1.82, 2.24) is 5.32 Å². The molecule has 1 N–H and O–H groups in total. The molecule has 1 atom stereocenters. The van der Waals surface area contributed by atoms with Crippen molar-refractivity contribution in [2.45, 2.75) is 51.5 Å². The van der Waals surface area contributed by atoms with Gasteiger partial charge in [-0.2, -0.15) is 0 Å². The number of rotatable bonds is 11. The highest BCUT2D eigenvalue weighted by atomic mass is 16.5. The van der Waals surface area contributed by atoms with E-state index in [4.69, 9.17) is 9.47 Å². The molecule has 2 aliphatic rings. The van der Waals surface area contributed by atoms with Gasteiger partial charge in [0.1, 0.15) is 0 Å². The van der Waals surface area contributed by atoms with Crippen molar-refractivity contribution in [2.75, 3.05) is 33.5 Å². The minimum atomic E-state index is 0.462. The van der Waals surface area contributed by atoms with E-state index in [1.807, 2.05) is 0 Å². The van der Waals surface area contributed by atoms with Gasteiger partial charge in [-0.1, -0.05) is 6.92 Å². The van der Waals surface area contributed by atoms with Crippen molar-refractivity contribution in [3.05, 3.63) is 0 Å². The van der Waals surface area contributed by atoms with E-state index in [-0.39, 0.29) is 0 Å². The van der Waals surface area contributed by atoms with E-state index >= 15 is 0 Å². The van der Waals surface area contributed by atoms with E-state index in [1.54, 1.807) is 7.11 Å². The van der Waals surface area contributed by atoms with Gasteiger partial charge in [-0.3, -0.25) is 0 Å². The first-order valence-corrected chi connectivity index (χ1v) is 7.55. The van der Waals surface area contributed by atoms with Gasteiger partial charge >= 0.3 is 0 Å². The van der Waals surface area contributed by atoms with Crippen LogP contribution in [0.5, 0.6) is 0 Å². The van der Waals surface area contributed by atoms with Gasteiger partial charge in [0.15, 0.2) is 0 Å². The molecule has 3 heteroatoms. The van der Waals surface area contributed by atoms with Crippen LogP contribution in [-0.4, -0.2) is 39.5 Å². The molecule has 106 valence electrons. The summed E-state index contributed by atoms with van der Waals surface area (Å²) in [6.07, 6.45) is 7.82. The number of ether oxygens (including phenoxy) is 2. The molecule has 2 aliphatic carbocycles. The van der Waals surface area contributed by atoms with Gasteiger partial charge in [-0.05, 0) is 49.9 Å². The summed E-state index contributed by atoms with van der Waals surface area (Å²) in [5.74, 6) is 0.936. The minimum absolute atomic E-state index is 0.462. The number of nitrogens with one attached hydrogen (secondary N) is 1. The van der Waals surface area contributed by atoms with Crippen LogP contribution in [0.2, 0.25) is 0 Å². The molecule has 0 heterocycles. The topological polar surface area (TPSA) is 30.5 Å². The fourth-order valence-corrected chi connectivity index (χ4v) is 2.59. The van der Waals surface area contributed by atoms with E-state index in [0.717, 1.165) is 38.2 Å². The standard InChI is InChI=1S/C15H29NO2/c1-15(13-4-5-13,12-16-14-6-7-14)8-11-18-10-3-9-17-2/h13-14,16H,3-12H2,1-2H3.